The second-order valence-electron chi connectivity index (χ2n) is 3.68. The van der Waals surface area contributed by atoms with Crippen molar-refractivity contribution in [1.82, 2.24) is 5.32 Å². The molecule has 1 unspecified atom stereocenters. The van der Waals surface area contributed by atoms with Crippen LogP contribution in [0.2, 0.25) is 0 Å². The second kappa shape index (κ2) is 6.86. The largest absolute Gasteiger partial charge is 0.395 e. The predicted molar refractivity (Wildman–Crippen MR) is 52.1 cm³/mol. The molecule has 0 saturated carbocycles. The molecule has 0 heterocycles. The molecule has 4 nitrogen and oxygen atoms in total. The first-order chi connectivity index (χ1) is 6.06. The fourth-order valence-electron chi connectivity index (χ4n) is 1.19. The van der Waals surface area contributed by atoms with Crippen molar-refractivity contribution >= 4 is 5.91 Å². The number of hydrogen-bond donors (Lipinski definition) is 3. The SMILES string of the molecule is CC(C)CC(CO)NCCC(N)=O. The van der Waals surface area contributed by atoms with E-state index >= 15 is 0 Å². The summed E-state index contributed by atoms with van der Waals surface area (Å²) < 4.78 is 0. The molecule has 0 aromatic rings. The molecule has 13 heavy (non-hydrogen) atoms. The molecule has 0 aromatic heterocycles. The van der Waals surface area contributed by atoms with Gasteiger partial charge in [0.2, 0.25) is 5.91 Å². The molecular weight excluding hydrogens is 168 g/mol. The summed E-state index contributed by atoms with van der Waals surface area (Å²) in [5.41, 5.74) is 4.98. The van der Waals surface area contributed by atoms with E-state index in [0.29, 0.717) is 18.9 Å². The zero-order chi connectivity index (χ0) is 10.3. The molecule has 0 aliphatic carbocycles. The summed E-state index contributed by atoms with van der Waals surface area (Å²) in [7, 11) is 0. The van der Waals surface area contributed by atoms with Crippen LogP contribution >= 0.6 is 0 Å². The van der Waals surface area contributed by atoms with Gasteiger partial charge in [-0.25, -0.2) is 0 Å². The number of hydrogen-bond acceptors (Lipinski definition) is 3. The minimum atomic E-state index is -0.311. The van der Waals surface area contributed by atoms with Gasteiger partial charge in [-0.05, 0) is 12.3 Å². The fourth-order valence-corrected chi connectivity index (χ4v) is 1.19. The maximum Gasteiger partial charge on any atom is 0.218 e. The first-order valence-electron chi connectivity index (χ1n) is 4.68. The van der Waals surface area contributed by atoms with Crippen molar-refractivity contribution < 1.29 is 9.90 Å². The van der Waals surface area contributed by atoms with Crippen molar-refractivity contribution in [2.24, 2.45) is 11.7 Å². The van der Waals surface area contributed by atoms with Crippen LogP contribution in [0.5, 0.6) is 0 Å². The highest BCUT2D eigenvalue weighted by atomic mass is 16.3. The molecule has 1 amide bonds. The number of carbonyl (C=O) groups is 1. The van der Waals surface area contributed by atoms with Crippen LogP contribution in [0.25, 0.3) is 0 Å². The maximum atomic E-state index is 10.4. The van der Waals surface area contributed by atoms with E-state index in [1.54, 1.807) is 0 Å². The first kappa shape index (κ1) is 12.4. The Hall–Kier alpha value is -0.610. The van der Waals surface area contributed by atoms with Gasteiger partial charge in [-0.15, -0.1) is 0 Å². The lowest BCUT2D eigenvalue weighted by Gasteiger charge is -2.17. The van der Waals surface area contributed by atoms with Crippen molar-refractivity contribution in [3.8, 4) is 0 Å². The quantitative estimate of drug-likeness (QED) is 0.520. The Morgan fingerprint density at radius 1 is 1.54 bits per heavy atom. The number of primary amides is 1. The molecule has 4 N–H and O–H groups in total. The lowest BCUT2D eigenvalue weighted by molar-refractivity contribution is -0.117. The summed E-state index contributed by atoms with van der Waals surface area (Å²) in [5.74, 6) is 0.229. The number of rotatable bonds is 7. The van der Waals surface area contributed by atoms with E-state index < -0.39 is 0 Å². The molecule has 1 atom stereocenters. The van der Waals surface area contributed by atoms with Gasteiger partial charge in [-0.2, -0.15) is 0 Å². The molecule has 78 valence electrons. The molecule has 0 rings (SSSR count). The van der Waals surface area contributed by atoms with Crippen LogP contribution in [0.15, 0.2) is 0 Å². The van der Waals surface area contributed by atoms with Gasteiger partial charge in [0.1, 0.15) is 0 Å². The number of carbonyl (C=O) groups excluding carboxylic acids is 1. The highest BCUT2D eigenvalue weighted by Gasteiger charge is 2.08. The minimum Gasteiger partial charge on any atom is -0.395 e. The molecule has 0 spiro atoms. The Kier molecular flexibility index (Phi) is 6.54. The molecule has 0 bridgehead atoms. The van der Waals surface area contributed by atoms with Gasteiger partial charge in [0, 0.05) is 19.0 Å². The molecular formula is C9H20N2O2. The number of nitrogens with two attached hydrogens (primary N) is 1. The van der Waals surface area contributed by atoms with Crippen molar-refractivity contribution in [2.75, 3.05) is 13.2 Å². The van der Waals surface area contributed by atoms with Crippen LogP contribution in [-0.2, 0) is 4.79 Å². The van der Waals surface area contributed by atoms with Gasteiger partial charge in [-0.3, -0.25) is 4.79 Å². The van der Waals surface area contributed by atoms with E-state index in [9.17, 15) is 4.79 Å². The fraction of sp³-hybridized carbons (Fsp3) is 0.889. The van der Waals surface area contributed by atoms with Crippen LogP contribution in [0, 0.1) is 5.92 Å². The van der Waals surface area contributed by atoms with Gasteiger partial charge < -0.3 is 16.2 Å². The second-order valence-corrected chi connectivity index (χ2v) is 3.68. The Balaban J connectivity index is 3.53. The minimum absolute atomic E-state index is 0.0827. The number of amides is 1. The van der Waals surface area contributed by atoms with E-state index in [2.05, 4.69) is 19.2 Å². The van der Waals surface area contributed by atoms with Crippen molar-refractivity contribution in [3.05, 3.63) is 0 Å². The van der Waals surface area contributed by atoms with Gasteiger partial charge in [0.25, 0.3) is 0 Å². The third-order valence-electron chi connectivity index (χ3n) is 1.78. The standard InChI is InChI=1S/C9H20N2O2/c1-7(2)5-8(6-12)11-4-3-9(10)13/h7-8,11-12H,3-6H2,1-2H3,(H2,10,13). The first-order valence-corrected chi connectivity index (χ1v) is 4.68. The van der Waals surface area contributed by atoms with E-state index in [-0.39, 0.29) is 18.6 Å². The summed E-state index contributed by atoms with van der Waals surface area (Å²) in [4.78, 5) is 10.4. The molecule has 0 fully saturated rings. The normalized spacial score (nSPS) is 13.2. The topological polar surface area (TPSA) is 75.3 Å². The smallest absolute Gasteiger partial charge is 0.218 e. The van der Waals surface area contributed by atoms with Gasteiger partial charge in [0.15, 0.2) is 0 Å². The van der Waals surface area contributed by atoms with Crippen LogP contribution in [0.3, 0.4) is 0 Å². The van der Waals surface area contributed by atoms with Crippen molar-refractivity contribution in [1.29, 1.82) is 0 Å². The van der Waals surface area contributed by atoms with Crippen molar-refractivity contribution in [3.63, 3.8) is 0 Å². The van der Waals surface area contributed by atoms with Gasteiger partial charge in [-0.1, -0.05) is 13.8 Å². The van der Waals surface area contributed by atoms with Crippen LogP contribution in [-0.4, -0.2) is 30.2 Å². The predicted octanol–water partition coefficient (Wildman–Crippen LogP) is -0.142. The maximum absolute atomic E-state index is 10.4. The molecule has 0 aromatic carbocycles. The zero-order valence-electron chi connectivity index (χ0n) is 8.42. The Bertz CT molecular complexity index is 149. The lowest BCUT2D eigenvalue weighted by Crippen LogP contribution is -2.35. The van der Waals surface area contributed by atoms with E-state index in [1.165, 1.54) is 0 Å². The summed E-state index contributed by atoms with van der Waals surface area (Å²) in [5, 5.41) is 12.0. The summed E-state index contributed by atoms with van der Waals surface area (Å²) in [6.45, 7) is 4.85. The summed E-state index contributed by atoms with van der Waals surface area (Å²) in [6, 6.07) is 0.0827. The summed E-state index contributed by atoms with van der Waals surface area (Å²) >= 11 is 0. The molecule has 4 heteroatoms. The van der Waals surface area contributed by atoms with Crippen LogP contribution < -0.4 is 11.1 Å². The van der Waals surface area contributed by atoms with E-state index in [0.717, 1.165) is 6.42 Å². The van der Waals surface area contributed by atoms with Crippen molar-refractivity contribution in [2.45, 2.75) is 32.7 Å². The van der Waals surface area contributed by atoms with Crippen LogP contribution in [0.1, 0.15) is 26.7 Å². The third kappa shape index (κ3) is 7.74. The lowest BCUT2D eigenvalue weighted by atomic mass is 10.0. The Labute approximate surface area is 79.5 Å². The van der Waals surface area contributed by atoms with Gasteiger partial charge >= 0.3 is 0 Å². The Morgan fingerprint density at radius 2 is 2.15 bits per heavy atom. The molecule has 0 aliphatic rings. The number of aliphatic hydroxyl groups is 1. The molecule has 0 radical (unpaired) electrons. The summed E-state index contributed by atoms with van der Waals surface area (Å²) in [6.07, 6.45) is 1.24. The zero-order valence-corrected chi connectivity index (χ0v) is 8.42. The number of nitrogens with one attached hydrogen (secondary N) is 1. The van der Waals surface area contributed by atoms with E-state index in [4.69, 9.17) is 10.8 Å². The monoisotopic (exact) mass is 188 g/mol. The average Bonchev–Trinajstić information content (AvgIpc) is 2.01. The molecule has 0 aliphatic heterocycles. The highest BCUT2D eigenvalue weighted by molar-refractivity contribution is 5.73. The van der Waals surface area contributed by atoms with Crippen LogP contribution in [0.4, 0.5) is 0 Å². The molecule has 0 saturated heterocycles. The average molecular weight is 188 g/mol. The van der Waals surface area contributed by atoms with E-state index in [1.807, 2.05) is 0 Å². The third-order valence-corrected chi connectivity index (χ3v) is 1.78. The van der Waals surface area contributed by atoms with Gasteiger partial charge in [0.05, 0.1) is 6.61 Å². The number of aliphatic hydroxyl groups excluding tert-OH is 1. The Morgan fingerprint density at radius 3 is 2.54 bits per heavy atom. The highest BCUT2D eigenvalue weighted by Crippen LogP contribution is 2.03.